The van der Waals surface area contributed by atoms with Gasteiger partial charge in [0.15, 0.2) is 5.76 Å². The van der Waals surface area contributed by atoms with E-state index >= 15 is 0 Å². The summed E-state index contributed by atoms with van der Waals surface area (Å²) in [5.74, 6) is -1.27. The number of rotatable bonds is 10. The van der Waals surface area contributed by atoms with Crippen LogP contribution < -0.4 is 4.72 Å². The van der Waals surface area contributed by atoms with Crippen molar-refractivity contribution < 1.29 is 54.0 Å². The lowest BCUT2D eigenvalue weighted by molar-refractivity contribution is -0.143. The number of carbonyl (C=O) groups excluding carboxylic acids is 2. The Morgan fingerprint density at radius 3 is 2.05 bits per heavy atom. The van der Waals surface area contributed by atoms with Gasteiger partial charge in [0, 0.05) is 25.0 Å². The number of halogens is 7. The fraction of sp³-hybridized carbons (Fsp3) is 0.590. The van der Waals surface area contributed by atoms with Crippen LogP contribution in [0.1, 0.15) is 108 Å². The van der Waals surface area contributed by atoms with E-state index in [4.69, 9.17) is 9.16 Å². The minimum Gasteiger partial charge on any atom is -0.598 e. The van der Waals surface area contributed by atoms with E-state index in [2.05, 4.69) is 4.72 Å². The first-order chi connectivity index (χ1) is 25.3. The summed E-state index contributed by atoms with van der Waals surface area (Å²) < 4.78 is 125. The van der Waals surface area contributed by atoms with Gasteiger partial charge in [0.2, 0.25) is 0 Å². The van der Waals surface area contributed by atoms with Gasteiger partial charge in [0.25, 0.3) is 8.32 Å². The van der Waals surface area contributed by atoms with Gasteiger partial charge >= 0.3 is 24.4 Å². The number of benzene rings is 2. The van der Waals surface area contributed by atoms with Crippen molar-refractivity contribution in [2.75, 3.05) is 20.7 Å². The number of nitrogens with one attached hydrogen (secondary N) is 1. The lowest BCUT2D eigenvalue weighted by atomic mass is 9.78. The number of aryl methyl sites for hydroxylation is 1. The maximum atomic E-state index is 14.5. The molecule has 0 bridgehead atoms. The third-order valence-corrected chi connectivity index (χ3v) is 16.8. The summed E-state index contributed by atoms with van der Waals surface area (Å²) in [5, 5.41) is -0.285. The van der Waals surface area contributed by atoms with Crippen LogP contribution in [0.3, 0.4) is 0 Å². The molecule has 56 heavy (non-hydrogen) atoms. The SMILES string of the molecule is COC(=O)C(=CC[C@@]1(N[S@+]([O-])C(C)(C)C)CCN(C(=O)N(C)[C@H](C)c2cc(C(F)(F)F)cc(C(F)(F)F)c2)[C@@H](c2ccc(F)cc2C)C1)O[Si](C)(C)C(C)(C)C. The van der Waals surface area contributed by atoms with E-state index in [1.54, 1.807) is 33.8 Å². The third kappa shape index (κ3) is 11.2. The number of nitrogens with zero attached hydrogens (tertiary/aromatic N) is 2. The van der Waals surface area contributed by atoms with E-state index in [1.807, 2.05) is 33.9 Å². The minimum absolute atomic E-state index is 0.0253. The molecule has 0 aliphatic carbocycles. The maximum absolute atomic E-state index is 14.5. The highest BCUT2D eigenvalue weighted by Gasteiger charge is 2.48. The van der Waals surface area contributed by atoms with Gasteiger partial charge < -0.3 is 23.5 Å². The molecule has 0 spiro atoms. The smallest absolute Gasteiger partial charge is 0.416 e. The predicted octanol–water partition coefficient (Wildman–Crippen LogP) is 10.4. The van der Waals surface area contributed by atoms with Crippen molar-refractivity contribution in [1.82, 2.24) is 14.5 Å². The molecule has 2 aromatic rings. The summed E-state index contributed by atoms with van der Waals surface area (Å²) in [7, 11) is -0.0595. The zero-order chi connectivity index (χ0) is 43.0. The largest absolute Gasteiger partial charge is 0.598 e. The molecule has 1 N–H and O–H groups in total. The first-order valence-electron chi connectivity index (χ1n) is 18.1. The third-order valence-electron chi connectivity index (χ3n) is 10.7. The Hall–Kier alpha value is -3.28. The number of methoxy groups -OCH3 is 1. The Labute approximate surface area is 329 Å². The monoisotopic (exact) mass is 837 g/mol. The van der Waals surface area contributed by atoms with Gasteiger partial charge in [-0.05, 0) is 125 Å². The molecule has 0 unspecified atom stereocenters. The summed E-state index contributed by atoms with van der Waals surface area (Å²) in [6, 6.07) is 2.40. The molecule has 1 saturated heterocycles. The molecule has 4 atom stereocenters. The van der Waals surface area contributed by atoms with Gasteiger partial charge in [-0.1, -0.05) is 26.8 Å². The van der Waals surface area contributed by atoms with Crippen LogP contribution in [-0.2, 0) is 37.7 Å². The molecule has 1 heterocycles. The molecule has 3 rings (SSSR count). The fourth-order valence-electron chi connectivity index (χ4n) is 6.06. The molecule has 1 aliphatic rings. The Bertz CT molecular complexity index is 1740. The van der Waals surface area contributed by atoms with E-state index in [9.17, 15) is 44.9 Å². The number of esters is 1. The Morgan fingerprint density at radius 1 is 1.04 bits per heavy atom. The van der Waals surface area contributed by atoms with E-state index in [0.29, 0.717) is 23.3 Å². The normalized spacial score (nSPS) is 20.0. The lowest BCUT2D eigenvalue weighted by Crippen LogP contribution is -2.60. The first-order valence-corrected chi connectivity index (χ1v) is 22.2. The topological polar surface area (TPSA) is 94.2 Å². The number of likely N-dealkylation sites (tertiary alicyclic amines) is 1. The second-order valence-electron chi connectivity index (χ2n) is 17.0. The van der Waals surface area contributed by atoms with E-state index in [0.717, 1.165) is 4.90 Å². The predicted molar refractivity (Wildman–Crippen MR) is 205 cm³/mol. The van der Waals surface area contributed by atoms with Crippen LogP contribution in [-0.4, -0.2) is 65.7 Å². The van der Waals surface area contributed by atoms with Crippen LogP contribution in [0.4, 0.5) is 35.5 Å². The number of hydrogen-bond acceptors (Lipinski definition) is 6. The Kier molecular flexibility index (Phi) is 14.2. The summed E-state index contributed by atoms with van der Waals surface area (Å²) in [5.41, 5.74) is -3.49. The number of hydrogen-bond donors (Lipinski definition) is 1. The molecule has 8 nitrogen and oxygen atoms in total. The van der Waals surface area contributed by atoms with Crippen molar-refractivity contribution in [2.24, 2.45) is 0 Å². The molecule has 2 amide bonds. The molecular weight excluding hydrogens is 784 g/mol. The molecule has 0 aromatic heterocycles. The molecule has 0 saturated carbocycles. The van der Waals surface area contributed by atoms with Gasteiger partial charge in [0.1, 0.15) is 10.6 Å². The number of urea groups is 1. The molecule has 17 heteroatoms. The number of piperidine rings is 1. The standard InChI is InChI=1S/C39H54F7N3O5SSi/c1-24-19-29(40)13-14-30(24)31-23-37(47-55(52)35(3,4)5,16-15-32(33(50)53-10)54-56(11,12)36(6,7)8)17-18-49(31)34(51)48(9)25(2)26-20-27(38(41,42)43)22-28(21-26)39(44,45)46/h13-15,19-22,25,31,47H,16-18,23H2,1-12H3/t25-,31-,37-,55-/m1/s1. The molecule has 2 aromatic carbocycles. The first kappa shape index (κ1) is 47.1. The van der Waals surface area contributed by atoms with Gasteiger partial charge in [-0.2, -0.15) is 26.3 Å². The Balaban J connectivity index is 2.17. The van der Waals surface area contributed by atoms with E-state index in [1.165, 1.54) is 44.2 Å². The van der Waals surface area contributed by atoms with Gasteiger partial charge in [-0.25, -0.2) is 14.0 Å². The van der Waals surface area contributed by atoms with Crippen molar-refractivity contribution in [3.05, 3.63) is 81.9 Å². The maximum Gasteiger partial charge on any atom is 0.416 e. The van der Waals surface area contributed by atoms with Crippen molar-refractivity contribution in [2.45, 2.75) is 128 Å². The van der Waals surface area contributed by atoms with Gasteiger partial charge in [0.05, 0.1) is 35.9 Å². The fourth-order valence-corrected chi connectivity index (χ4v) is 8.05. The van der Waals surface area contributed by atoms with Crippen LogP contribution in [0.5, 0.6) is 0 Å². The number of ether oxygens (including phenoxy) is 1. The highest BCUT2D eigenvalue weighted by Crippen LogP contribution is 2.44. The van der Waals surface area contributed by atoms with E-state index in [-0.39, 0.29) is 48.2 Å². The van der Waals surface area contributed by atoms with Crippen LogP contribution in [0.15, 0.2) is 48.2 Å². The second-order valence-corrected chi connectivity index (χ2v) is 23.7. The summed E-state index contributed by atoms with van der Waals surface area (Å²) in [6.07, 6.45) is -8.31. The zero-order valence-corrected chi connectivity index (χ0v) is 35.8. The highest BCUT2D eigenvalue weighted by molar-refractivity contribution is 7.90. The highest BCUT2D eigenvalue weighted by atomic mass is 32.2. The minimum atomic E-state index is -5.09. The number of alkyl halides is 6. The molecule has 1 aliphatic heterocycles. The molecule has 314 valence electrons. The molecule has 0 radical (unpaired) electrons. The van der Waals surface area contributed by atoms with Crippen LogP contribution in [0, 0.1) is 12.7 Å². The zero-order valence-electron chi connectivity index (χ0n) is 34.0. The Morgan fingerprint density at radius 2 is 1.59 bits per heavy atom. The average molecular weight is 838 g/mol. The molecular formula is C39H54F7N3O5SSi. The van der Waals surface area contributed by atoms with Crippen LogP contribution in [0.2, 0.25) is 18.1 Å². The van der Waals surface area contributed by atoms with Crippen LogP contribution >= 0.6 is 0 Å². The number of amides is 2. The molecule has 1 fully saturated rings. The summed E-state index contributed by atoms with van der Waals surface area (Å²) in [6.45, 7) is 18.2. The van der Waals surface area contributed by atoms with Gasteiger partial charge in [-0.15, -0.1) is 4.72 Å². The summed E-state index contributed by atoms with van der Waals surface area (Å²) in [4.78, 5) is 30.0. The lowest BCUT2D eigenvalue weighted by Gasteiger charge is -2.48. The van der Waals surface area contributed by atoms with Crippen molar-refractivity contribution in [3.8, 4) is 0 Å². The summed E-state index contributed by atoms with van der Waals surface area (Å²) >= 11 is -1.68. The van der Waals surface area contributed by atoms with Crippen molar-refractivity contribution in [1.29, 1.82) is 0 Å². The van der Waals surface area contributed by atoms with E-state index < -0.39 is 83.3 Å². The van der Waals surface area contributed by atoms with Crippen molar-refractivity contribution in [3.63, 3.8) is 0 Å². The quantitative estimate of drug-likeness (QED) is 0.0640. The number of carbonyl (C=O) groups is 2. The van der Waals surface area contributed by atoms with Crippen molar-refractivity contribution >= 4 is 31.7 Å². The second kappa shape index (κ2) is 16.9. The van der Waals surface area contributed by atoms with Gasteiger partial charge in [-0.3, -0.25) is 0 Å². The van der Waals surface area contributed by atoms with Crippen LogP contribution in [0.25, 0.3) is 0 Å². The average Bonchev–Trinajstić information content (AvgIpc) is 3.06.